The van der Waals surface area contributed by atoms with E-state index >= 15 is 0 Å². The highest BCUT2D eigenvalue weighted by Gasteiger charge is 2.19. The molecule has 1 heterocycles. The van der Waals surface area contributed by atoms with Gasteiger partial charge in [-0.3, -0.25) is 14.2 Å². The summed E-state index contributed by atoms with van der Waals surface area (Å²) in [4.78, 5) is 37.0. The molecule has 2 aromatic carbocycles. The largest absolute Gasteiger partial charge is 0.421 e. The lowest BCUT2D eigenvalue weighted by atomic mass is 10.00. The Morgan fingerprint density at radius 1 is 1.00 bits per heavy atom. The summed E-state index contributed by atoms with van der Waals surface area (Å²) in [6, 6.07) is 17.3. The fourth-order valence-corrected chi connectivity index (χ4v) is 2.68. The molecular formula is C20H18N2O5. The summed E-state index contributed by atoms with van der Waals surface area (Å²) in [5, 5.41) is 9.56. The van der Waals surface area contributed by atoms with E-state index in [1.54, 1.807) is 25.1 Å². The summed E-state index contributed by atoms with van der Waals surface area (Å²) in [7, 11) is 0. The van der Waals surface area contributed by atoms with E-state index in [0.29, 0.717) is 12.2 Å². The Kier molecular flexibility index (Phi) is 5.33. The van der Waals surface area contributed by atoms with Gasteiger partial charge in [0.25, 0.3) is 5.56 Å². The van der Waals surface area contributed by atoms with Crippen LogP contribution in [0, 0.1) is 0 Å². The lowest BCUT2D eigenvalue weighted by molar-refractivity contribution is 0.0682. The number of ketones is 1. The van der Waals surface area contributed by atoms with Gasteiger partial charge < -0.3 is 9.94 Å². The molecule has 1 aromatic heterocycles. The summed E-state index contributed by atoms with van der Waals surface area (Å²) in [5.41, 5.74) is -0.0702. The van der Waals surface area contributed by atoms with E-state index in [1.165, 1.54) is 0 Å². The Labute approximate surface area is 154 Å². The minimum absolute atomic E-state index is 0.0454. The zero-order chi connectivity index (χ0) is 19.4. The van der Waals surface area contributed by atoms with Gasteiger partial charge in [-0.15, -0.1) is 0 Å². The van der Waals surface area contributed by atoms with Crippen molar-refractivity contribution in [1.29, 1.82) is 0 Å². The first-order valence-electron chi connectivity index (χ1n) is 8.37. The maximum Gasteiger partial charge on any atom is 0.366 e. The van der Waals surface area contributed by atoms with E-state index < -0.39 is 17.0 Å². The molecule has 7 nitrogen and oxygen atoms in total. The van der Waals surface area contributed by atoms with E-state index in [4.69, 9.17) is 4.74 Å². The van der Waals surface area contributed by atoms with Crippen molar-refractivity contribution in [3.05, 3.63) is 92.8 Å². The van der Waals surface area contributed by atoms with Crippen LogP contribution in [-0.4, -0.2) is 26.9 Å². The van der Waals surface area contributed by atoms with Crippen molar-refractivity contribution in [2.24, 2.45) is 0 Å². The van der Waals surface area contributed by atoms with Crippen LogP contribution in [0.25, 0.3) is 11.1 Å². The van der Waals surface area contributed by atoms with Crippen molar-refractivity contribution in [3.8, 4) is 11.1 Å². The third kappa shape index (κ3) is 3.73. The van der Waals surface area contributed by atoms with E-state index in [-0.39, 0.29) is 17.2 Å². The molecule has 0 atom stereocenters. The number of benzene rings is 2. The number of carbonyl (C=O) groups excluding carboxylic acids is 1. The molecule has 7 heteroatoms. The van der Waals surface area contributed by atoms with Crippen molar-refractivity contribution in [2.75, 3.05) is 6.61 Å². The van der Waals surface area contributed by atoms with Gasteiger partial charge in [0.1, 0.15) is 12.4 Å². The Balaban J connectivity index is 2.09. The van der Waals surface area contributed by atoms with Crippen LogP contribution in [0.5, 0.6) is 0 Å². The van der Waals surface area contributed by atoms with Gasteiger partial charge >= 0.3 is 5.69 Å². The first-order chi connectivity index (χ1) is 13.0. The Morgan fingerprint density at radius 2 is 1.70 bits per heavy atom. The number of rotatable bonds is 6. The van der Waals surface area contributed by atoms with Crippen molar-refractivity contribution in [1.82, 2.24) is 9.30 Å². The van der Waals surface area contributed by atoms with Gasteiger partial charge in [-0.1, -0.05) is 53.3 Å². The molecule has 0 aliphatic heterocycles. The standard InChI is InChI=1S/C20H18N2O5/c1-2-27-13-21-17(12-18(23)22(26)20(21)25)19(24)16-10-6-9-15(11-16)14-7-4-3-5-8-14/h3-12,26H,2,13H2,1H3. The molecule has 0 radical (unpaired) electrons. The molecule has 0 aliphatic rings. The molecule has 0 saturated carbocycles. The minimum atomic E-state index is -1.03. The highest BCUT2D eigenvalue weighted by molar-refractivity contribution is 6.08. The van der Waals surface area contributed by atoms with Crippen molar-refractivity contribution >= 4 is 5.78 Å². The number of carbonyl (C=O) groups is 1. The lowest BCUT2D eigenvalue weighted by Gasteiger charge is -2.12. The monoisotopic (exact) mass is 366 g/mol. The topological polar surface area (TPSA) is 90.5 Å². The second kappa shape index (κ2) is 7.84. The lowest BCUT2D eigenvalue weighted by Crippen LogP contribution is -2.41. The molecule has 0 spiro atoms. The Bertz CT molecular complexity index is 1080. The van der Waals surface area contributed by atoms with Crippen LogP contribution in [-0.2, 0) is 11.5 Å². The number of ether oxygens (including phenoxy) is 1. The maximum absolute atomic E-state index is 13.0. The number of hydrogen-bond donors (Lipinski definition) is 1. The van der Waals surface area contributed by atoms with Gasteiger partial charge in [-0.2, -0.15) is 0 Å². The fourth-order valence-electron chi connectivity index (χ4n) is 2.68. The van der Waals surface area contributed by atoms with Crippen molar-refractivity contribution in [2.45, 2.75) is 13.7 Å². The van der Waals surface area contributed by atoms with Crippen LogP contribution in [0.15, 0.2) is 70.3 Å². The van der Waals surface area contributed by atoms with Gasteiger partial charge in [-0.25, -0.2) is 4.79 Å². The third-order valence-corrected chi connectivity index (χ3v) is 4.06. The predicted molar refractivity (Wildman–Crippen MR) is 99.1 cm³/mol. The summed E-state index contributed by atoms with van der Waals surface area (Å²) in [6.45, 7) is 1.77. The highest BCUT2D eigenvalue weighted by Crippen LogP contribution is 2.21. The van der Waals surface area contributed by atoms with E-state index in [1.807, 2.05) is 36.4 Å². The third-order valence-electron chi connectivity index (χ3n) is 4.06. The zero-order valence-electron chi connectivity index (χ0n) is 14.7. The molecule has 0 bridgehead atoms. The fraction of sp³-hybridized carbons (Fsp3) is 0.150. The second-order valence-electron chi connectivity index (χ2n) is 5.79. The summed E-state index contributed by atoms with van der Waals surface area (Å²) in [6.07, 6.45) is 0. The Morgan fingerprint density at radius 3 is 2.41 bits per heavy atom. The molecule has 0 amide bonds. The van der Waals surface area contributed by atoms with Crippen LogP contribution in [0.2, 0.25) is 0 Å². The average molecular weight is 366 g/mol. The highest BCUT2D eigenvalue weighted by atomic mass is 16.5. The number of hydrogen-bond acceptors (Lipinski definition) is 5. The average Bonchev–Trinajstić information content (AvgIpc) is 2.71. The van der Waals surface area contributed by atoms with Crippen LogP contribution in [0.4, 0.5) is 0 Å². The van der Waals surface area contributed by atoms with Crippen molar-refractivity contribution < 1.29 is 14.7 Å². The molecule has 27 heavy (non-hydrogen) atoms. The van der Waals surface area contributed by atoms with Gasteiger partial charge in [0.05, 0.1) is 0 Å². The van der Waals surface area contributed by atoms with Gasteiger partial charge in [0, 0.05) is 18.2 Å². The number of aromatic nitrogens is 2. The molecule has 3 rings (SSSR count). The van der Waals surface area contributed by atoms with Gasteiger partial charge in [0.2, 0.25) is 5.78 Å². The van der Waals surface area contributed by atoms with Crippen molar-refractivity contribution in [3.63, 3.8) is 0 Å². The second-order valence-corrected chi connectivity index (χ2v) is 5.79. The van der Waals surface area contributed by atoms with E-state index in [2.05, 4.69) is 0 Å². The first kappa shape index (κ1) is 18.3. The first-order valence-corrected chi connectivity index (χ1v) is 8.37. The molecule has 3 aromatic rings. The Hall–Kier alpha value is -3.45. The quantitative estimate of drug-likeness (QED) is 0.533. The smallest absolute Gasteiger partial charge is 0.366 e. The normalized spacial score (nSPS) is 10.7. The minimum Gasteiger partial charge on any atom is -0.421 e. The van der Waals surface area contributed by atoms with Gasteiger partial charge in [-0.05, 0) is 24.1 Å². The zero-order valence-corrected chi connectivity index (χ0v) is 14.7. The molecule has 1 N–H and O–H groups in total. The predicted octanol–water partition coefficient (Wildman–Crippen LogP) is 2.14. The van der Waals surface area contributed by atoms with Crippen LogP contribution in [0.1, 0.15) is 23.0 Å². The summed E-state index contributed by atoms with van der Waals surface area (Å²) < 4.78 is 6.09. The summed E-state index contributed by atoms with van der Waals surface area (Å²) in [5.74, 6) is -0.512. The van der Waals surface area contributed by atoms with E-state index in [0.717, 1.165) is 21.8 Å². The molecule has 0 unspecified atom stereocenters. The maximum atomic E-state index is 13.0. The molecular weight excluding hydrogens is 348 g/mol. The van der Waals surface area contributed by atoms with Crippen LogP contribution < -0.4 is 11.2 Å². The molecule has 0 saturated heterocycles. The molecule has 0 fully saturated rings. The van der Waals surface area contributed by atoms with Gasteiger partial charge in [0.15, 0.2) is 0 Å². The molecule has 138 valence electrons. The van der Waals surface area contributed by atoms with Crippen LogP contribution in [0.3, 0.4) is 0 Å². The SMILES string of the molecule is CCOCn1c(C(=O)c2cccc(-c3ccccc3)c2)cc(=O)n(O)c1=O. The van der Waals surface area contributed by atoms with Crippen LogP contribution >= 0.6 is 0 Å². The summed E-state index contributed by atoms with van der Waals surface area (Å²) >= 11 is 0. The number of nitrogens with zero attached hydrogens (tertiary/aromatic N) is 2. The molecule has 0 aliphatic carbocycles. The van der Waals surface area contributed by atoms with E-state index in [9.17, 15) is 19.6 Å².